The predicted molar refractivity (Wildman–Crippen MR) is 111 cm³/mol. The fourth-order valence-corrected chi connectivity index (χ4v) is 6.95. The third kappa shape index (κ3) is 2.68. The van der Waals surface area contributed by atoms with E-state index >= 15 is 0 Å². The minimum Gasteiger partial charge on any atom is -0.458 e. The van der Waals surface area contributed by atoms with Crippen molar-refractivity contribution in [3.05, 3.63) is 23.8 Å². The molecule has 0 radical (unpaired) electrons. The van der Waals surface area contributed by atoms with Crippen LogP contribution in [0.15, 0.2) is 23.8 Å². The Morgan fingerprint density at radius 2 is 1.75 bits per heavy atom. The van der Waals surface area contributed by atoms with Crippen molar-refractivity contribution in [2.45, 2.75) is 85.7 Å². The fourth-order valence-electron chi connectivity index (χ4n) is 6.95. The van der Waals surface area contributed by atoms with Crippen LogP contribution in [0.2, 0.25) is 0 Å². The van der Waals surface area contributed by atoms with E-state index in [2.05, 4.69) is 26.8 Å². The van der Waals surface area contributed by atoms with Crippen molar-refractivity contribution in [3.8, 4) is 0 Å². The van der Waals surface area contributed by atoms with E-state index in [0.29, 0.717) is 17.8 Å². The number of ether oxygens (including phenoxy) is 1. The quantitative estimate of drug-likeness (QED) is 0.549. The van der Waals surface area contributed by atoms with Gasteiger partial charge in [0.1, 0.15) is 5.60 Å². The molecule has 154 valence electrons. The van der Waals surface area contributed by atoms with E-state index < -0.39 is 5.41 Å². The number of hydrogen-bond donors (Lipinski definition) is 0. The van der Waals surface area contributed by atoms with E-state index in [1.807, 2.05) is 26.8 Å². The molecule has 0 aromatic carbocycles. The number of allylic oxidation sites excluding steroid dienone is 4. The van der Waals surface area contributed by atoms with Gasteiger partial charge < -0.3 is 4.74 Å². The van der Waals surface area contributed by atoms with E-state index in [-0.39, 0.29) is 28.2 Å². The summed E-state index contributed by atoms with van der Waals surface area (Å²) in [6.45, 7) is 12.7. The number of rotatable bonds is 1. The number of hydrogen-bond acceptors (Lipinski definition) is 3. The van der Waals surface area contributed by atoms with Crippen LogP contribution in [0.5, 0.6) is 0 Å². The van der Waals surface area contributed by atoms with Gasteiger partial charge in [0.2, 0.25) is 0 Å². The Hall–Kier alpha value is -1.38. The highest BCUT2D eigenvalue weighted by Crippen LogP contribution is 2.67. The average molecular weight is 385 g/mol. The third-order valence-corrected chi connectivity index (χ3v) is 9.02. The largest absolute Gasteiger partial charge is 0.458 e. The minimum absolute atomic E-state index is 0.0270. The Bertz CT molecular complexity index is 769. The summed E-state index contributed by atoms with van der Waals surface area (Å²) < 4.78 is 6.25. The summed E-state index contributed by atoms with van der Waals surface area (Å²) in [5, 5.41) is 0. The second kappa shape index (κ2) is 6.06. The molecule has 0 heterocycles. The smallest absolute Gasteiger partial charge is 0.311 e. The molecule has 0 N–H and O–H groups in total. The molecule has 28 heavy (non-hydrogen) atoms. The van der Waals surface area contributed by atoms with Gasteiger partial charge in [0.05, 0.1) is 5.41 Å². The molecule has 4 aliphatic carbocycles. The van der Waals surface area contributed by atoms with Gasteiger partial charge in [-0.1, -0.05) is 25.5 Å². The second-order valence-electron chi connectivity index (χ2n) is 11.5. The zero-order valence-corrected chi connectivity index (χ0v) is 18.4. The molecule has 0 aromatic heterocycles. The lowest BCUT2D eigenvalue weighted by molar-refractivity contribution is -0.188. The van der Waals surface area contributed by atoms with Crippen molar-refractivity contribution in [2.75, 3.05) is 0 Å². The second-order valence-corrected chi connectivity index (χ2v) is 11.5. The molecular formula is C25H36O3. The Morgan fingerprint density at radius 3 is 2.43 bits per heavy atom. The zero-order valence-electron chi connectivity index (χ0n) is 18.4. The van der Waals surface area contributed by atoms with Crippen LogP contribution < -0.4 is 0 Å². The molecule has 2 unspecified atom stereocenters. The molecule has 3 nitrogen and oxygen atoms in total. The molecule has 0 bridgehead atoms. The predicted octanol–water partition coefficient (Wildman–Crippen LogP) is 5.64. The molecule has 0 amide bonds. The minimum atomic E-state index is -0.466. The van der Waals surface area contributed by atoms with Crippen LogP contribution in [0.25, 0.3) is 0 Å². The maximum absolute atomic E-state index is 12.7. The van der Waals surface area contributed by atoms with Gasteiger partial charge in [-0.25, -0.2) is 0 Å². The number of ketones is 1. The number of esters is 1. The first-order valence-electron chi connectivity index (χ1n) is 11.1. The van der Waals surface area contributed by atoms with E-state index in [0.717, 1.165) is 38.5 Å². The molecule has 0 saturated heterocycles. The third-order valence-electron chi connectivity index (χ3n) is 9.02. The first kappa shape index (κ1) is 19.9. The summed E-state index contributed by atoms with van der Waals surface area (Å²) in [6, 6.07) is 0. The zero-order chi connectivity index (χ0) is 20.5. The highest BCUT2D eigenvalue weighted by atomic mass is 16.6. The highest BCUT2D eigenvalue weighted by molar-refractivity contribution is 6.01. The Balaban J connectivity index is 1.62. The first-order chi connectivity index (χ1) is 12.9. The van der Waals surface area contributed by atoms with Crippen LogP contribution in [-0.2, 0) is 14.3 Å². The van der Waals surface area contributed by atoms with E-state index in [4.69, 9.17) is 4.74 Å². The molecule has 4 rings (SSSR count). The van der Waals surface area contributed by atoms with E-state index in [9.17, 15) is 9.59 Å². The molecule has 6 atom stereocenters. The fraction of sp³-hybridized carbons (Fsp3) is 0.760. The van der Waals surface area contributed by atoms with Crippen LogP contribution in [0.4, 0.5) is 0 Å². The number of carbonyl (C=O) groups excluding carboxylic acids is 2. The van der Waals surface area contributed by atoms with Crippen LogP contribution in [0, 0.1) is 34.0 Å². The summed E-state index contributed by atoms with van der Waals surface area (Å²) in [7, 11) is 0. The highest BCUT2D eigenvalue weighted by Gasteiger charge is 2.64. The van der Waals surface area contributed by atoms with Gasteiger partial charge in [0, 0.05) is 10.8 Å². The van der Waals surface area contributed by atoms with Crippen molar-refractivity contribution in [1.29, 1.82) is 0 Å². The van der Waals surface area contributed by atoms with Crippen LogP contribution in [0.1, 0.15) is 80.1 Å². The van der Waals surface area contributed by atoms with Gasteiger partial charge in [0.15, 0.2) is 5.78 Å². The summed E-state index contributed by atoms with van der Waals surface area (Å²) in [6.07, 6.45) is 12.4. The molecule has 0 aromatic rings. The van der Waals surface area contributed by atoms with Crippen molar-refractivity contribution in [2.24, 2.45) is 34.0 Å². The molecule has 0 spiro atoms. The molecular weight excluding hydrogens is 348 g/mol. The Labute approximate surface area is 170 Å². The van der Waals surface area contributed by atoms with Crippen LogP contribution in [0.3, 0.4) is 0 Å². The van der Waals surface area contributed by atoms with Crippen molar-refractivity contribution >= 4 is 11.8 Å². The standard InChI is InChI=1S/C25H36O3/c1-22(2,3)21(27)28-25(6)14-11-20-18-8-7-16-15-17(26)9-12-23(16,4)19(18)10-13-24(20,25)5/h9,12,15,18-20H,7-8,10-11,13-14H2,1-6H3/t18?,19-,20-,23-,24-,25?/m0/s1. The number of carbonyl (C=O) groups is 2. The van der Waals surface area contributed by atoms with E-state index in [1.165, 1.54) is 5.57 Å². The molecule has 0 aliphatic heterocycles. The number of fused-ring (bicyclic) bond motifs is 5. The lowest BCUT2D eigenvalue weighted by atomic mass is 9.47. The lowest BCUT2D eigenvalue weighted by Gasteiger charge is -2.58. The van der Waals surface area contributed by atoms with Gasteiger partial charge >= 0.3 is 5.97 Å². The van der Waals surface area contributed by atoms with Crippen molar-refractivity contribution in [3.63, 3.8) is 0 Å². The summed E-state index contributed by atoms with van der Waals surface area (Å²) in [5.74, 6) is 1.90. The molecule has 3 heteroatoms. The van der Waals surface area contributed by atoms with Crippen molar-refractivity contribution < 1.29 is 14.3 Å². The monoisotopic (exact) mass is 384 g/mol. The maximum atomic E-state index is 12.7. The van der Waals surface area contributed by atoms with Crippen LogP contribution >= 0.6 is 0 Å². The molecule has 3 saturated carbocycles. The van der Waals surface area contributed by atoms with Gasteiger partial charge in [-0.15, -0.1) is 0 Å². The summed E-state index contributed by atoms with van der Waals surface area (Å²) in [5.41, 5.74) is 0.568. The Morgan fingerprint density at radius 1 is 1.07 bits per heavy atom. The average Bonchev–Trinajstić information content (AvgIpc) is 2.86. The SMILES string of the molecule is CC(C)(C)C(=O)OC1(C)CC[C@H]2C3CCC4=CC(=O)C=C[C@]4(C)[C@H]3CC[C@@]21C. The first-order valence-corrected chi connectivity index (χ1v) is 11.1. The summed E-state index contributed by atoms with van der Waals surface area (Å²) in [4.78, 5) is 24.6. The normalized spacial score (nSPS) is 45.0. The van der Waals surface area contributed by atoms with Crippen LogP contribution in [-0.4, -0.2) is 17.4 Å². The topological polar surface area (TPSA) is 43.4 Å². The maximum Gasteiger partial charge on any atom is 0.311 e. The molecule has 3 fully saturated rings. The van der Waals surface area contributed by atoms with Crippen molar-refractivity contribution in [1.82, 2.24) is 0 Å². The lowest BCUT2D eigenvalue weighted by Crippen LogP contribution is -2.55. The molecule has 4 aliphatic rings. The summed E-state index contributed by atoms with van der Waals surface area (Å²) >= 11 is 0. The Kier molecular flexibility index (Phi) is 4.31. The van der Waals surface area contributed by atoms with Gasteiger partial charge in [-0.2, -0.15) is 0 Å². The van der Waals surface area contributed by atoms with Gasteiger partial charge in [0.25, 0.3) is 0 Å². The van der Waals surface area contributed by atoms with Gasteiger partial charge in [-0.3, -0.25) is 9.59 Å². The van der Waals surface area contributed by atoms with Gasteiger partial charge in [-0.05, 0) is 96.1 Å². The van der Waals surface area contributed by atoms with E-state index in [1.54, 1.807) is 6.08 Å².